The number of hydrogen-bond acceptors (Lipinski definition) is 2. The summed E-state index contributed by atoms with van der Waals surface area (Å²) in [6, 6.07) is 13.0. The molecule has 0 bridgehead atoms. The maximum atomic E-state index is 12.3. The van der Waals surface area contributed by atoms with E-state index in [1.165, 1.54) is 0 Å². The molecule has 0 aromatic heterocycles. The highest BCUT2D eigenvalue weighted by Gasteiger charge is 2.16. The minimum atomic E-state index is -0.142. The molecule has 2 aromatic carbocycles. The van der Waals surface area contributed by atoms with Gasteiger partial charge in [-0.05, 0) is 71.0 Å². The Bertz CT molecular complexity index is 728. The molecule has 0 unspecified atom stereocenters. The standard InChI is InChI=1S/C16H13IN2O2/c17-12-2-1-3-13(9-12)18-16(21)11-4-6-14-10(8-11)5-7-15(20)19-14/h1-4,6,8-9H,5,7H2,(H,18,21)(H,19,20). The van der Waals surface area contributed by atoms with Crippen LogP contribution in [0.2, 0.25) is 0 Å². The Kier molecular flexibility index (Phi) is 3.92. The second-order valence-corrected chi connectivity index (χ2v) is 6.13. The molecule has 2 aromatic rings. The lowest BCUT2D eigenvalue weighted by molar-refractivity contribution is -0.116. The molecule has 0 spiro atoms. The first-order valence-corrected chi connectivity index (χ1v) is 7.69. The van der Waals surface area contributed by atoms with Crippen LogP contribution in [0.5, 0.6) is 0 Å². The number of nitrogens with one attached hydrogen (secondary N) is 2. The summed E-state index contributed by atoms with van der Waals surface area (Å²) < 4.78 is 1.07. The first-order chi connectivity index (χ1) is 10.1. The van der Waals surface area contributed by atoms with Crippen molar-refractivity contribution in [2.24, 2.45) is 0 Å². The molecule has 0 saturated carbocycles. The Labute approximate surface area is 136 Å². The molecule has 1 aliphatic heterocycles. The molecule has 0 saturated heterocycles. The molecule has 2 amide bonds. The molecule has 2 N–H and O–H groups in total. The van der Waals surface area contributed by atoms with Crippen LogP contribution in [0.1, 0.15) is 22.3 Å². The van der Waals surface area contributed by atoms with E-state index in [1.54, 1.807) is 12.1 Å². The van der Waals surface area contributed by atoms with Crippen molar-refractivity contribution >= 4 is 45.8 Å². The molecule has 0 radical (unpaired) electrons. The summed E-state index contributed by atoms with van der Waals surface area (Å²) >= 11 is 2.21. The van der Waals surface area contributed by atoms with Gasteiger partial charge >= 0.3 is 0 Å². The summed E-state index contributed by atoms with van der Waals surface area (Å²) in [7, 11) is 0. The minimum Gasteiger partial charge on any atom is -0.326 e. The van der Waals surface area contributed by atoms with Gasteiger partial charge in [-0.15, -0.1) is 0 Å². The third-order valence-electron chi connectivity index (χ3n) is 3.35. The van der Waals surface area contributed by atoms with Crippen LogP contribution in [0.15, 0.2) is 42.5 Å². The Morgan fingerprint density at radius 3 is 2.81 bits per heavy atom. The molecule has 0 aliphatic carbocycles. The van der Waals surface area contributed by atoms with Gasteiger partial charge in [0.15, 0.2) is 0 Å². The van der Waals surface area contributed by atoms with Crippen molar-refractivity contribution in [1.82, 2.24) is 0 Å². The minimum absolute atomic E-state index is 0.0264. The number of carbonyl (C=O) groups excluding carboxylic acids is 2. The highest BCUT2D eigenvalue weighted by Crippen LogP contribution is 2.24. The molecule has 3 rings (SSSR count). The van der Waals surface area contributed by atoms with Crippen molar-refractivity contribution in [3.8, 4) is 0 Å². The van der Waals surface area contributed by atoms with E-state index in [2.05, 4.69) is 33.2 Å². The van der Waals surface area contributed by atoms with E-state index < -0.39 is 0 Å². The SMILES string of the molecule is O=C1CCc2cc(C(=O)Nc3cccc(I)c3)ccc2N1. The normalized spacial score (nSPS) is 13.3. The van der Waals surface area contributed by atoms with Gasteiger partial charge in [0, 0.05) is 26.9 Å². The topological polar surface area (TPSA) is 58.2 Å². The lowest BCUT2D eigenvalue weighted by Crippen LogP contribution is -2.20. The summed E-state index contributed by atoms with van der Waals surface area (Å²) in [6.07, 6.45) is 1.14. The molecule has 5 heteroatoms. The largest absolute Gasteiger partial charge is 0.326 e. The summed E-state index contributed by atoms with van der Waals surface area (Å²) in [5.74, 6) is -0.115. The molecule has 21 heavy (non-hydrogen) atoms. The monoisotopic (exact) mass is 392 g/mol. The maximum absolute atomic E-state index is 12.3. The average molecular weight is 392 g/mol. The lowest BCUT2D eigenvalue weighted by atomic mass is 10.00. The van der Waals surface area contributed by atoms with Gasteiger partial charge in [-0.1, -0.05) is 6.07 Å². The zero-order chi connectivity index (χ0) is 14.8. The van der Waals surface area contributed by atoms with E-state index in [-0.39, 0.29) is 11.8 Å². The summed E-state index contributed by atoms with van der Waals surface area (Å²) in [5.41, 5.74) is 3.18. The predicted octanol–water partition coefficient (Wildman–Crippen LogP) is 3.43. The van der Waals surface area contributed by atoms with Gasteiger partial charge in [-0.3, -0.25) is 9.59 Å². The molecule has 4 nitrogen and oxygen atoms in total. The van der Waals surface area contributed by atoms with Crippen molar-refractivity contribution in [2.75, 3.05) is 10.6 Å². The first kappa shape index (κ1) is 14.1. The highest BCUT2D eigenvalue weighted by molar-refractivity contribution is 14.1. The van der Waals surface area contributed by atoms with Gasteiger partial charge in [0.2, 0.25) is 5.91 Å². The van der Waals surface area contributed by atoms with Crippen molar-refractivity contribution in [2.45, 2.75) is 12.8 Å². The van der Waals surface area contributed by atoms with Crippen LogP contribution in [-0.2, 0) is 11.2 Å². The van der Waals surface area contributed by atoms with E-state index in [4.69, 9.17) is 0 Å². The smallest absolute Gasteiger partial charge is 0.255 e. The number of rotatable bonds is 2. The van der Waals surface area contributed by atoms with E-state index in [0.29, 0.717) is 18.4 Å². The Morgan fingerprint density at radius 1 is 1.14 bits per heavy atom. The zero-order valence-electron chi connectivity index (χ0n) is 11.2. The maximum Gasteiger partial charge on any atom is 0.255 e. The third-order valence-corrected chi connectivity index (χ3v) is 4.02. The summed E-state index contributed by atoms with van der Waals surface area (Å²) in [5, 5.41) is 5.70. The van der Waals surface area contributed by atoms with E-state index >= 15 is 0 Å². The third kappa shape index (κ3) is 3.24. The summed E-state index contributed by atoms with van der Waals surface area (Å²) in [4.78, 5) is 23.6. The van der Waals surface area contributed by atoms with Gasteiger partial charge in [-0.2, -0.15) is 0 Å². The van der Waals surface area contributed by atoms with E-state index in [0.717, 1.165) is 20.5 Å². The number of anilines is 2. The van der Waals surface area contributed by atoms with E-state index in [1.807, 2.05) is 30.3 Å². The number of amides is 2. The number of benzene rings is 2. The van der Waals surface area contributed by atoms with Crippen molar-refractivity contribution in [1.29, 1.82) is 0 Å². The fourth-order valence-electron chi connectivity index (χ4n) is 2.29. The quantitative estimate of drug-likeness (QED) is 0.770. The van der Waals surface area contributed by atoms with Crippen LogP contribution in [-0.4, -0.2) is 11.8 Å². The number of fused-ring (bicyclic) bond motifs is 1. The van der Waals surface area contributed by atoms with Crippen LogP contribution < -0.4 is 10.6 Å². The van der Waals surface area contributed by atoms with Crippen molar-refractivity contribution in [3.63, 3.8) is 0 Å². The fraction of sp³-hybridized carbons (Fsp3) is 0.125. The average Bonchev–Trinajstić information content (AvgIpc) is 2.46. The van der Waals surface area contributed by atoms with Gasteiger partial charge in [0.05, 0.1) is 0 Å². The van der Waals surface area contributed by atoms with Crippen molar-refractivity contribution < 1.29 is 9.59 Å². The van der Waals surface area contributed by atoms with Crippen LogP contribution in [0.3, 0.4) is 0 Å². The van der Waals surface area contributed by atoms with E-state index in [9.17, 15) is 9.59 Å². The second kappa shape index (κ2) is 5.85. The van der Waals surface area contributed by atoms with Gasteiger partial charge in [0.25, 0.3) is 5.91 Å². The molecular weight excluding hydrogens is 379 g/mol. The van der Waals surface area contributed by atoms with Crippen LogP contribution in [0.25, 0.3) is 0 Å². The van der Waals surface area contributed by atoms with Gasteiger partial charge in [0.1, 0.15) is 0 Å². The van der Waals surface area contributed by atoms with Crippen LogP contribution in [0.4, 0.5) is 11.4 Å². The molecule has 106 valence electrons. The number of carbonyl (C=O) groups is 2. The van der Waals surface area contributed by atoms with Crippen LogP contribution >= 0.6 is 22.6 Å². The molecule has 1 aliphatic rings. The fourth-order valence-corrected chi connectivity index (χ4v) is 2.84. The number of hydrogen-bond donors (Lipinski definition) is 2. The summed E-state index contributed by atoms with van der Waals surface area (Å²) in [6.45, 7) is 0. The Morgan fingerprint density at radius 2 is 2.00 bits per heavy atom. The Hall–Kier alpha value is -1.89. The second-order valence-electron chi connectivity index (χ2n) is 4.88. The van der Waals surface area contributed by atoms with Crippen molar-refractivity contribution in [3.05, 3.63) is 57.2 Å². The van der Waals surface area contributed by atoms with Gasteiger partial charge < -0.3 is 10.6 Å². The lowest BCUT2D eigenvalue weighted by Gasteiger charge is -2.17. The zero-order valence-corrected chi connectivity index (χ0v) is 13.3. The Balaban J connectivity index is 1.81. The molecule has 0 fully saturated rings. The molecule has 1 heterocycles. The number of halogens is 1. The molecule has 0 atom stereocenters. The first-order valence-electron chi connectivity index (χ1n) is 6.61. The van der Waals surface area contributed by atoms with Crippen LogP contribution in [0, 0.1) is 3.57 Å². The number of aryl methyl sites for hydroxylation is 1. The highest BCUT2D eigenvalue weighted by atomic mass is 127. The molecular formula is C16H13IN2O2. The van der Waals surface area contributed by atoms with Gasteiger partial charge in [-0.25, -0.2) is 0 Å². The predicted molar refractivity (Wildman–Crippen MR) is 90.5 cm³/mol.